The number of H-pyrrole nitrogens is 1. The van der Waals surface area contributed by atoms with E-state index in [0.717, 1.165) is 22.9 Å². The van der Waals surface area contributed by atoms with Crippen molar-refractivity contribution >= 4 is 16.9 Å². The molecule has 0 aliphatic rings. The molecule has 102 valence electrons. The van der Waals surface area contributed by atoms with E-state index < -0.39 is 11.9 Å². The van der Waals surface area contributed by atoms with Gasteiger partial charge in [-0.15, -0.1) is 0 Å². The second kappa shape index (κ2) is 6.38. The van der Waals surface area contributed by atoms with E-state index in [1.807, 2.05) is 37.4 Å². The van der Waals surface area contributed by atoms with Crippen LogP contribution in [0.1, 0.15) is 18.9 Å². The minimum absolute atomic E-state index is 0.272. The zero-order valence-electron chi connectivity index (χ0n) is 11.1. The van der Waals surface area contributed by atoms with Crippen molar-refractivity contribution in [3.63, 3.8) is 0 Å². The number of aliphatic carboxylic acids is 1. The van der Waals surface area contributed by atoms with Crippen molar-refractivity contribution < 1.29 is 14.6 Å². The summed E-state index contributed by atoms with van der Waals surface area (Å²) in [4.78, 5) is 14.3. The molecule has 0 saturated carbocycles. The summed E-state index contributed by atoms with van der Waals surface area (Å²) in [6.45, 7) is 2.89. The highest BCUT2D eigenvalue weighted by Gasteiger charge is 2.18. The molecule has 0 bridgehead atoms. The first kappa shape index (κ1) is 13.6. The van der Waals surface area contributed by atoms with Gasteiger partial charge in [0.15, 0.2) is 0 Å². The minimum Gasteiger partial charge on any atom is -0.481 e. The third-order valence-electron chi connectivity index (χ3n) is 3.12. The molecule has 0 fully saturated rings. The number of carboxylic acids is 1. The summed E-state index contributed by atoms with van der Waals surface area (Å²) in [6.07, 6.45) is 3.29. The summed E-state index contributed by atoms with van der Waals surface area (Å²) in [5.74, 6) is -1.28. The summed E-state index contributed by atoms with van der Waals surface area (Å²) in [5, 5.41) is 10.3. The lowest BCUT2D eigenvalue weighted by Gasteiger charge is -2.12. The number of carbonyl (C=O) groups is 1. The van der Waals surface area contributed by atoms with Gasteiger partial charge in [0, 0.05) is 18.3 Å². The van der Waals surface area contributed by atoms with Gasteiger partial charge in [0.2, 0.25) is 0 Å². The van der Waals surface area contributed by atoms with Crippen LogP contribution >= 0.6 is 0 Å². The summed E-state index contributed by atoms with van der Waals surface area (Å²) in [5.41, 5.74) is 2.09. The van der Waals surface area contributed by atoms with Gasteiger partial charge in [0.1, 0.15) is 0 Å². The largest absolute Gasteiger partial charge is 0.481 e. The molecule has 1 aromatic carbocycles. The van der Waals surface area contributed by atoms with Gasteiger partial charge in [0.25, 0.3) is 0 Å². The van der Waals surface area contributed by atoms with E-state index in [-0.39, 0.29) is 6.61 Å². The van der Waals surface area contributed by atoms with Crippen LogP contribution in [0.2, 0.25) is 0 Å². The summed E-state index contributed by atoms with van der Waals surface area (Å²) >= 11 is 0. The maximum Gasteiger partial charge on any atom is 0.309 e. The standard InChI is InChI=1S/C15H19NO3/c1-2-7-19-10-13(15(17)18)9-11-3-4-14-12(8-11)5-6-16-14/h3-6,8,13,16H,2,7,9-10H2,1H3,(H,17,18). The fourth-order valence-corrected chi connectivity index (χ4v) is 2.10. The van der Waals surface area contributed by atoms with Crippen LogP contribution in [-0.4, -0.2) is 29.3 Å². The van der Waals surface area contributed by atoms with Crippen molar-refractivity contribution in [1.82, 2.24) is 4.98 Å². The van der Waals surface area contributed by atoms with E-state index in [0.29, 0.717) is 13.0 Å². The molecule has 0 spiro atoms. The van der Waals surface area contributed by atoms with Crippen molar-refractivity contribution in [3.05, 3.63) is 36.0 Å². The fourth-order valence-electron chi connectivity index (χ4n) is 2.10. The molecule has 1 unspecified atom stereocenters. The third-order valence-corrected chi connectivity index (χ3v) is 3.12. The van der Waals surface area contributed by atoms with Crippen molar-refractivity contribution in [2.45, 2.75) is 19.8 Å². The SMILES string of the molecule is CCCOCC(Cc1ccc2[nH]ccc2c1)C(=O)O. The Balaban J connectivity index is 2.04. The molecule has 2 rings (SSSR count). The number of hydrogen-bond acceptors (Lipinski definition) is 2. The zero-order chi connectivity index (χ0) is 13.7. The topological polar surface area (TPSA) is 62.3 Å². The van der Waals surface area contributed by atoms with Crippen molar-refractivity contribution in [2.75, 3.05) is 13.2 Å². The van der Waals surface area contributed by atoms with Crippen LogP contribution in [-0.2, 0) is 16.0 Å². The monoisotopic (exact) mass is 261 g/mol. The second-order valence-corrected chi connectivity index (χ2v) is 4.71. The number of rotatable bonds is 7. The third kappa shape index (κ3) is 3.58. The number of ether oxygens (including phenoxy) is 1. The molecule has 19 heavy (non-hydrogen) atoms. The van der Waals surface area contributed by atoms with Crippen LogP contribution in [0.4, 0.5) is 0 Å². The maximum atomic E-state index is 11.2. The Morgan fingerprint density at radius 2 is 2.26 bits per heavy atom. The molecule has 0 amide bonds. The van der Waals surface area contributed by atoms with E-state index in [9.17, 15) is 9.90 Å². The molecule has 1 heterocycles. The quantitative estimate of drug-likeness (QED) is 0.753. The molecule has 4 nitrogen and oxygen atoms in total. The van der Waals surface area contributed by atoms with Crippen LogP contribution in [0.5, 0.6) is 0 Å². The van der Waals surface area contributed by atoms with Gasteiger partial charge in [-0.3, -0.25) is 4.79 Å². The molecule has 4 heteroatoms. The van der Waals surface area contributed by atoms with Gasteiger partial charge in [-0.1, -0.05) is 13.0 Å². The Bertz CT molecular complexity index is 547. The Morgan fingerprint density at radius 1 is 1.42 bits per heavy atom. The molecule has 2 aromatic rings. The van der Waals surface area contributed by atoms with Gasteiger partial charge in [0.05, 0.1) is 12.5 Å². The highest BCUT2D eigenvalue weighted by molar-refractivity contribution is 5.80. The van der Waals surface area contributed by atoms with E-state index in [1.165, 1.54) is 0 Å². The fraction of sp³-hybridized carbons (Fsp3) is 0.400. The number of aromatic nitrogens is 1. The summed E-state index contributed by atoms with van der Waals surface area (Å²) in [7, 11) is 0. The van der Waals surface area contributed by atoms with Crippen LogP contribution < -0.4 is 0 Å². The van der Waals surface area contributed by atoms with Crippen molar-refractivity contribution in [3.8, 4) is 0 Å². The van der Waals surface area contributed by atoms with E-state index in [4.69, 9.17) is 4.74 Å². The normalized spacial score (nSPS) is 12.7. The lowest BCUT2D eigenvalue weighted by atomic mass is 9.99. The molecular weight excluding hydrogens is 242 g/mol. The first-order chi connectivity index (χ1) is 9.20. The summed E-state index contributed by atoms with van der Waals surface area (Å²) in [6, 6.07) is 7.97. The predicted molar refractivity (Wildman–Crippen MR) is 74.2 cm³/mol. The predicted octanol–water partition coefficient (Wildman–Crippen LogP) is 2.84. The Morgan fingerprint density at radius 3 is 3.00 bits per heavy atom. The second-order valence-electron chi connectivity index (χ2n) is 4.71. The number of nitrogens with one attached hydrogen (secondary N) is 1. The van der Waals surface area contributed by atoms with E-state index in [1.54, 1.807) is 0 Å². The number of fused-ring (bicyclic) bond motifs is 1. The van der Waals surface area contributed by atoms with Gasteiger partial charge in [-0.25, -0.2) is 0 Å². The Labute approximate surface area is 112 Å². The smallest absolute Gasteiger partial charge is 0.309 e. The van der Waals surface area contributed by atoms with Gasteiger partial charge < -0.3 is 14.8 Å². The minimum atomic E-state index is -0.801. The maximum absolute atomic E-state index is 11.2. The van der Waals surface area contributed by atoms with Gasteiger partial charge in [-0.2, -0.15) is 0 Å². The number of aromatic amines is 1. The molecule has 0 aliphatic carbocycles. The van der Waals surface area contributed by atoms with Crippen molar-refractivity contribution in [2.24, 2.45) is 5.92 Å². The van der Waals surface area contributed by atoms with Crippen LogP contribution in [0, 0.1) is 5.92 Å². The van der Waals surface area contributed by atoms with Gasteiger partial charge in [-0.05, 0) is 42.0 Å². The highest BCUT2D eigenvalue weighted by atomic mass is 16.5. The molecular formula is C15H19NO3. The van der Waals surface area contributed by atoms with Crippen LogP contribution in [0.25, 0.3) is 10.9 Å². The average molecular weight is 261 g/mol. The highest BCUT2D eigenvalue weighted by Crippen LogP contribution is 2.17. The lowest BCUT2D eigenvalue weighted by Crippen LogP contribution is -2.22. The van der Waals surface area contributed by atoms with Crippen LogP contribution in [0.3, 0.4) is 0 Å². The number of carboxylic acid groups (broad SMARTS) is 1. The molecule has 0 saturated heterocycles. The summed E-state index contributed by atoms with van der Waals surface area (Å²) < 4.78 is 5.36. The Kier molecular flexibility index (Phi) is 4.58. The number of benzene rings is 1. The Hall–Kier alpha value is -1.81. The first-order valence-electron chi connectivity index (χ1n) is 6.57. The van der Waals surface area contributed by atoms with Gasteiger partial charge >= 0.3 is 5.97 Å². The molecule has 0 aliphatic heterocycles. The lowest BCUT2D eigenvalue weighted by molar-refractivity contribution is -0.143. The van der Waals surface area contributed by atoms with Crippen molar-refractivity contribution in [1.29, 1.82) is 0 Å². The molecule has 0 radical (unpaired) electrons. The number of hydrogen-bond donors (Lipinski definition) is 2. The average Bonchev–Trinajstić information content (AvgIpc) is 2.85. The zero-order valence-corrected chi connectivity index (χ0v) is 11.1. The molecule has 2 N–H and O–H groups in total. The van der Waals surface area contributed by atoms with Crippen LogP contribution in [0.15, 0.2) is 30.5 Å². The molecule has 1 aromatic heterocycles. The molecule has 1 atom stereocenters. The first-order valence-corrected chi connectivity index (χ1v) is 6.57. The van der Waals surface area contributed by atoms with E-state index >= 15 is 0 Å². The van der Waals surface area contributed by atoms with E-state index in [2.05, 4.69) is 4.98 Å².